The molecule has 0 bridgehead atoms. The van der Waals surface area contributed by atoms with E-state index in [2.05, 4.69) is 10.6 Å². The van der Waals surface area contributed by atoms with Crippen molar-refractivity contribution in [2.75, 3.05) is 26.2 Å². The summed E-state index contributed by atoms with van der Waals surface area (Å²) in [7, 11) is 0. The van der Waals surface area contributed by atoms with Gasteiger partial charge in [0.2, 0.25) is 11.8 Å². The number of nitrogens with one attached hydrogen (secondary N) is 2. The van der Waals surface area contributed by atoms with Crippen LogP contribution < -0.4 is 10.6 Å². The summed E-state index contributed by atoms with van der Waals surface area (Å²) in [5, 5.41) is 5.57. The fourth-order valence-corrected chi connectivity index (χ4v) is 3.39. The number of carbonyl (C=O) groups is 3. The molecule has 0 radical (unpaired) electrons. The van der Waals surface area contributed by atoms with Gasteiger partial charge in [0, 0.05) is 39.0 Å². The average Bonchev–Trinajstić information content (AvgIpc) is 2.71. The minimum atomic E-state index is -0.563. The van der Waals surface area contributed by atoms with E-state index in [9.17, 15) is 18.8 Å². The number of amides is 3. The molecule has 0 aromatic heterocycles. The Kier molecular flexibility index (Phi) is 9.27. The van der Waals surface area contributed by atoms with Gasteiger partial charge in [0.1, 0.15) is 11.4 Å². The molecule has 0 aliphatic carbocycles. The number of ether oxygens (including phenoxy) is 1. The summed E-state index contributed by atoms with van der Waals surface area (Å²) < 4.78 is 18.1. The number of hydrogen-bond acceptors (Lipinski definition) is 4. The molecule has 3 amide bonds. The smallest absolute Gasteiger partial charge is 0.407 e. The van der Waals surface area contributed by atoms with E-state index in [0.717, 1.165) is 18.4 Å². The van der Waals surface area contributed by atoms with Crippen molar-refractivity contribution in [3.05, 3.63) is 35.6 Å². The standard InChI is InChI=1S/C23H34FN3O4/c1-23(2,3)31-22(30)25-13-10-21(29)27-14-11-18(12-15-27)16-26-20(28)9-6-17-4-7-19(24)8-5-17/h4-5,7-8,18H,6,9-16H2,1-3H3,(H,25,30)(H,26,28). The van der Waals surface area contributed by atoms with Crippen molar-refractivity contribution >= 4 is 17.9 Å². The molecule has 1 saturated heterocycles. The van der Waals surface area contributed by atoms with Gasteiger partial charge in [0.05, 0.1) is 0 Å². The summed E-state index contributed by atoms with van der Waals surface area (Å²) in [5.41, 5.74) is 0.372. The van der Waals surface area contributed by atoms with Crippen LogP contribution in [0.1, 0.15) is 52.0 Å². The van der Waals surface area contributed by atoms with Gasteiger partial charge in [-0.2, -0.15) is 0 Å². The molecule has 0 saturated carbocycles. The monoisotopic (exact) mass is 435 g/mol. The van der Waals surface area contributed by atoms with Crippen molar-refractivity contribution in [2.45, 2.75) is 58.5 Å². The fourth-order valence-electron chi connectivity index (χ4n) is 3.39. The van der Waals surface area contributed by atoms with E-state index < -0.39 is 11.7 Å². The van der Waals surface area contributed by atoms with E-state index in [1.165, 1.54) is 12.1 Å². The van der Waals surface area contributed by atoms with Gasteiger partial charge in [0.25, 0.3) is 0 Å². The van der Waals surface area contributed by atoms with Crippen LogP contribution in [0.2, 0.25) is 0 Å². The zero-order chi connectivity index (χ0) is 22.9. The lowest BCUT2D eigenvalue weighted by Gasteiger charge is -2.32. The Hall–Kier alpha value is -2.64. The van der Waals surface area contributed by atoms with Crippen LogP contribution in [0, 0.1) is 11.7 Å². The van der Waals surface area contributed by atoms with Crippen LogP contribution in [-0.4, -0.2) is 54.6 Å². The molecule has 172 valence electrons. The molecule has 2 N–H and O–H groups in total. The summed E-state index contributed by atoms with van der Waals surface area (Å²) in [5.74, 6) is 0.0601. The van der Waals surface area contributed by atoms with Crippen molar-refractivity contribution < 1.29 is 23.5 Å². The summed E-state index contributed by atoms with van der Waals surface area (Å²) in [6, 6.07) is 6.18. The van der Waals surface area contributed by atoms with Crippen LogP contribution in [0.15, 0.2) is 24.3 Å². The Morgan fingerprint density at radius 1 is 1.06 bits per heavy atom. The number of carbonyl (C=O) groups excluding carboxylic acids is 3. The number of nitrogens with zero attached hydrogens (tertiary/aromatic N) is 1. The molecule has 8 heteroatoms. The first-order valence-corrected chi connectivity index (χ1v) is 10.9. The van der Waals surface area contributed by atoms with E-state index in [1.54, 1.807) is 32.9 Å². The molecule has 1 aromatic rings. The highest BCUT2D eigenvalue weighted by Gasteiger charge is 2.23. The van der Waals surface area contributed by atoms with Crippen LogP contribution in [0.25, 0.3) is 0 Å². The topological polar surface area (TPSA) is 87.7 Å². The summed E-state index contributed by atoms with van der Waals surface area (Å²) in [4.78, 5) is 37.8. The molecule has 0 atom stereocenters. The van der Waals surface area contributed by atoms with Gasteiger partial charge < -0.3 is 20.3 Å². The maximum Gasteiger partial charge on any atom is 0.407 e. The predicted molar refractivity (Wildman–Crippen MR) is 116 cm³/mol. The zero-order valence-electron chi connectivity index (χ0n) is 18.7. The number of aryl methyl sites for hydroxylation is 1. The van der Waals surface area contributed by atoms with Gasteiger partial charge in [-0.3, -0.25) is 9.59 Å². The Labute approximate surface area is 183 Å². The largest absolute Gasteiger partial charge is 0.444 e. The first kappa shape index (κ1) is 24.6. The summed E-state index contributed by atoms with van der Waals surface area (Å²) in [6.07, 6.45) is 2.34. The first-order valence-electron chi connectivity index (χ1n) is 10.9. The van der Waals surface area contributed by atoms with Crippen molar-refractivity contribution in [1.82, 2.24) is 15.5 Å². The molecular formula is C23H34FN3O4. The third-order valence-electron chi connectivity index (χ3n) is 5.12. The third kappa shape index (κ3) is 9.81. The lowest BCUT2D eigenvalue weighted by atomic mass is 9.96. The molecular weight excluding hydrogens is 401 g/mol. The maximum absolute atomic E-state index is 12.9. The molecule has 2 rings (SSSR count). The Bertz CT molecular complexity index is 738. The van der Waals surface area contributed by atoms with Gasteiger partial charge in [-0.25, -0.2) is 9.18 Å². The van der Waals surface area contributed by atoms with E-state index in [1.807, 2.05) is 4.90 Å². The van der Waals surface area contributed by atoms with Crippen molar-refractivity contribution in [3.8, 4) is 0 Å². The Morgan fingerprint density at radius 3 is 2.32 bits per heavy atom. The van der Waals surface area contributed by atoms with Gasteiger partial charge in [-0.1, -0.05) is 12.1 Å². The van der Waals surface area contributed by atoms with E-state index in [-0.39, 0.29) is 30.6 Å². The molecule has 7 nitrogen and oxygen atoms in total. The van der Waals surface area contributed by atoms with Crippen LogP contribution in [0.3, 0.4) is 0 Å². The zero-order valence-corrected chi connectivity index (χ0v) is 18.7. The highest BCUT2D eigenvalue weighted by molar-refractivity contribution is 5.77. The van der Waals surface area contributed by atoms with Crippen molar-refractivity contribution in [1.29, 1.82) is 0 Å². The number of piperidine rings is 1. The van der Waals surface area contributed by atoms with Gasteiger partial charge >= 0.3 is 6.09 Å². The number of benzene rings is 1. The quantitative estimate of drug-likeness (QED) is 0.657. The van der Waals surface area contributed by atoms with Gasteiger partial charge in [0.15, 0.2) is 0 Å². The molecule has 31 heavy (non-hydrogen) atoms. The molecule has 0 unspecified atom stereocenters. The second kappa shape index (κ2) is 11.7. The average molecular weight is 436 g/mol. The predicted octanol–water partition coefficient (Wildman–Crippen LogP) is 3.03. The molecule has 1 aliphatic heterocycles. The highest BCUT2D eigenvalue weighted by Crippen LogP contribution is 2.17. The lowest BCUT2D eigenvalue weighted by Crippen LogP contribution is -2.42. The van der Waals surface area contributed by atoms with Crippen LogP contribution in [0.5, 0.6) is 0 Å². The molecule has 0 spiro atoms. The third-order valence-corrected chi connectivity index (χ3v) is 5.12. The Morgan fingerprint density at radius 2 is 1.71 bits per heavy atom. The lowest BCUT2D eigenvalue weighted by molar-refractivity contribution is -0.132. The number of halogens is 1. The normalized spacial score (nSPS) is 14.8. The minimum absolute atomic E-state index is 0.0119. The summed E-state index contributed by atoms with van der Waals surface area (Å²) in [6.45, 7) is 7.52. The number of likely N-dealkylation sites (tertiary alicyclic amines) is 1. The maximum atomic E-state index is 12.9. The fraction of sp³-hybridized carbons (Fsp3) is 0.609. The molecule has 1 aliphatic rings. The number of alkyl carbamates (subject to hydrolysis) is 1. The second-order valence-corrected chi connectivity index (χ2v) is 8.93. The van der Waals surface area contributed by atoms with E-state index in [0.29, 0.717) is 38.4 Å². The number of hydrogen-bond donors (Lipinski definition) is 2. The number of rotatable bonds is 8. The summed E-state index contributed by atoms with van der Waals surface area (Å²) >= 11 is 0. The highest BCUT2D eigenvalue weighted by atomic mass is 19.1. The SMILES string of the molecule is CC(C)(C)OC(=O)NCCC(=O)N1CCC(CNC(=O)CCc2ccc(F)cc2)CC1. The van der Waals surface area contributed by atoms with Crippen molar-refractivity contribution in [2.24, 2.45) is 5.92 Å². The van der Waals surface area contributed by atoms with Crippen LogP contribution in [-0.2, 0) is 20.7 Å². The first-order chi connectivity index (χ1) is 14.6. The van der Waals surface area contributed by atoms with Crippen LogP contribution in [0.4, 0.5) is 9.18 Å². The minimum Gasteiger partial charge on any atom is -0.444 e. The molecule has 1 aromatic carbocycles. The van der Waals surface area contributed by atoms with Crippen LogP contribution >= 0.6 is 0 Å². The van der Waals surface area contributed by atoms with Crippen molar-refractivity contribution in [3.63, 3.8) is 0 Å². The van der Waals surface area contributed by atoms with Gasteiger partial charge in [-0.05, 0) is 63.6 Å². The van der Waals surface area contributed by atoms with E-state index in [4.69, 9.17) is 4.74 Å². The second-order valence-electron chi connectivity index (χ2n) is 8.93. The molecule has 1 fully saturated rings. The van der Waals surface area contributed by atoms with Gasteiger partial charge in [-0.15, -0.1) is 0 Å². The Balaban J connectivity index is 1.58. The van der Waals surface area contributed by atoms with E-state index >= 15 is 0 Å². The molecule has 1 heterocycles.